The summed E-state index contributed by atoms with van der Waals surface area (Å²) < 4.78 is 9.01. The molecule has 6 nitrogen and oxygen atoms in total. The number of para-hydroxylation sites is 2. The van der Waals surface area contributed by atoms with Gasteiger partial charge in [-0.2, -0.15) is 0 Å². The highest BCUT2D eigenvalue weighted by atomic mass is 16.3. The lowest BCUT2D eigenvalue weighted by Gasteiger charge is -2.13. The van der Waals surface area contributed by atoms with Crippen LogP contribution in [0.1, 0.15) is 25.8 Å². The van der Waals surface area contributed by atoms with Crippen LogP contribution in [-0.4, -0.2) is 24.5 Å². The van der Waals surface area contributed by atoms with Crippen molar-refractivity contribution >= 4 is 49.3 Å². The van der Waals surface area contributed by atoms with E-state index in [1.165, 1.54) is 21.9 Å². The molecule has 0 fully saturated rings. The molecular formula is C51H37N5O. The number of furan rings is 1. The molecule has 0 saturated carbocycles. The third-order valence-corrected chi connectivity index (χ3v) is 10.5. The Hall–Kier alpha value is -7.44. The first-order valence-electron chi connectivity index (χ1n) is 19.3. The van der Waals surface area contributed by atoms with Gasteiger partial charge in [-0.05, 0) is 60.9 Å². The van der Waals surface area contributed by atoms with Gasteiger partial charge >= 0.3 is 0 Å². The minimum atomic E-state index is 0.501. The molecule has 0 atom stereocenters. The molecule has 0 radical (unpaired) electrons. The predicted octanol–water partition coefficient (Wildman–Crippen LogP) is 13.3. The van der Waals surface area contributed by atoms with Crippen molar-refractivity contribution in [1.82, 2.24) is 24.5 Å². The van der Waals surface area contributed by atoms with E-state index in [9.17, 15) is 0 Å². The van der Waals surface area contributed by atoms with Gasteiger partial charge in [0.05, 0.1) is 22.4 Å². The van der Waals surface area contributed by atoms with Crippen LogP contribution in [0.15, 0.2) is 180 Å². The largest absolute Gasteiger partial charge is 0.456 e. The molecule has 0 amide bonds. The molecule has 10 rings (SSSR count). The fourth-order valence-electron chi connectivity index (χ4n) is 7.91. The topological polar surface area (TPSA) is 69.6 Å². The zero-order chi connectivity index (χ0) is 38.3. The van der Waals surface area contributed by atoms with E-state index >= 15 is 0 Å². The van der Waals surface area contributed by atoms with Gasteiger partial charge in [0.2, 0.25) is 0 Å². The van der Waals surface area contributed by atoms with Crippen LogP contribution >= 0.6 is 0 Å². The first-order chi connectivity index (χ1) is 28.2. The van der Waals surface area contributed by atoms with Gasteiger partial charge < -0.3 is 8.98 Å². The summed E-state index contributed by atoms with van der Waals surface area (Å²) in [5.74, 6) is 1.68. The summed E-state index contributed by atoms with van der Waals surface area (Å²) in [4.78, 5) is 20.2. The van der Waals surface area contributed by atoms with Crippen LogP contribution in [0, 0.1) is 0 Å². The molecule has 4 aromatic heterocycles. The average molecular weight is 736 g/mol. The van der Waals surface area contributed by atoms with Crippen LogP contribution < -0.4 is 0 Å². The molecule has 0 saturated heterocycles. The summed E-state index contributed by atoms with van der Waals surface area (Å²) >= 11 is 0. The fourth-order valence-corrected chi connectivity index (χ4v) is 7.91. The van der Waals surface area contributed by atoms with E-state index in [-0.39, 0.29) is 0 Å². The van der Waals surface area contributed by atoms with Gasteiger partial charge in [0, 0.05) is 44.3 Å². The smallest absolute Gasteiger partial charge is 0.182 e. The summed E-state index contributed by atoms with van der Waals surface area (Å²) in [7, 11) is 0. The number of aromatic nitrogens is 5. The molecule has 6 heteroatoms. The van der Waals surface area contributed by atoms with Crippen molar-refractivity contribution in [1.29, 1.82) is 0 Å². The minimum Gasteiger partial charge on any atom is -0.456 e. The van der Waals surface area contributed by atoms with E-state index in [4.69, 9.17) is 24.4 Å². The van der Waals surface area contributed by atoms with Crippen LogP contribution in [-0.2, 0) is 0 Å². The normalized spacial score (nSPS) is 12.1. The third-order valence-electron chi connectivity index (χ3n) is 10.5. The fraction of sp³-hybridized carbons (Fsp3) is 0.0588. The lowest BCUT2D eigenvalue weighted by atomic mass is 10.0. The maximum Gasteiger partial charge on any atom is 0.182 e. The highest BCUT2D eigenvalue weighted by Gasteiger charge is 2.21. The summed E-state index contributed by atoms with van der Waals surface area (Å²) in [5.41, 5.74) is 11.4. The van der Waals surface area contributed by atoms with Crippen LogP contribution in [0.4, 0.5) is 0 Å². The van der Waals surface area contributed by atoms with Crippen LogP contribution in [0.3, 0.4) is 0 Å². The molecule has 0 aliphatic heterocycles. The number of hydrogen-bond donors (Lipinski definition) is 0. The molecule has 0 bridgehead atoms. The maximum absolute atomic E-state index is 6.66. The number of allylic oxidation sites excluding steroid dienone is 4. The van der Waals surface area contributed by atoms with Crippen molar-refractivity contribution in [2.45, 2.75) is 20.3 Å². The number of nitrogens with zero attached hydrogens (tertiary/aromatic N) is 5. The highest BCUT2D eigenvalue weighted by Crippen LogP contribution is 2.41. The Balaban J connectivity index is 1.21. The maximum atomic E-state index is 6.66. The first-order valence-corrected chi connectivity index (χ1v) is 19.3. The van der Waals surface area contributed by atoms with Crippen LogP contribution in [0.5, 0.6) is 0 Å². The van der Waals surface area contributed by atoms with Crippen LogP contribution in [0.25, 0.3) is 101 Å². The Labute approximate surface area is 330 Å². The standard InChI is InChI=1S/C51H37N5O/c1-3-16-33(17-4-2)36-28-29-39-38-22-11-13-26-44(38)56(45(39)30-36)37-31-41(48-40-23-12-14-27-46(40)57-47(48)32-37)42-24-15-25-43(52-42)51-54-49(34-18-7-5-8-19-34)53-50(55-51)35-20-9-6-10-21-35/h3,5-32H,4H2,1-2H3/b16-3-,33-17+. The Bertz CT molecular complexity index is 3120. The molecule has 0 aliphatic rings. The van der Waals surface area contributed by atoms with Gasteiger partial charge in [0.1, 0.15) is 16.9 Å². The molecule has 0 N–H and O–H groups in total. The van der Waals surface area contributed by atoms with E-state index in [0.29, 0.717) is 23.2 Å². The number of hydrogen-bond acceptors (Lipinski definition) is 5. The lowest BCUT2D eigenvalue weighted by Crippen LogP contribution is -2.01. The Morgan fingerprint density at radius 3 is 1.95 bits per heavy atom. The molecule has 57 heavy (non-hydrogen) atoms. The summed E-state index contributed by atoms with van der Waals surface area (Å²) in [6.07, 6.45) is 7.52. The molecule has 0 unspecified atom stereocenters. The second-order valence-electron chi connectivity index (χ2n) is 14.1. The SMILES string of the molecule is C/C=C\C(=C/CC)c1ccc2c3ccccc3n(-c3cc(-c4cccc(-c5nc(-c6ccccc6)nc(-c6ccccc6)n5)n4)c4c(c3)oc3ccccc34)c2c1. The molecular weight excluding hydrogens is 699 g/mol. The highest BCUT2D eigenvalue weighted by molar-refractivity contribution is 6.14. The zero-order valence-corrected chi connectivity index (χ0v) is 31.6. The molecule has 0 aliphatic carbocycles. The van der Waals surface area contributed by atoms with Gasteiger partial charge in [-0.25, -0.2) is 19.9 Å². The van der Waals surface area contributed by atoms with E-state index in [2.05, 4.69) is 109 Å². The second-order valence-corrected chi connectivity index (χ2v) is 14.1. The number of rotatable bonds is 8. The van der Waals surface area contributed by atoms with Crippen molar-refractivity contribution in [3.05, 3.63) is 182 Å². The molecule has 6 aromatic carbocycles. The summed E-state index contributed by atoms with van der Waals surface area (Å²) in [6.45, 7) is 4.24. The van der Waals surface area contributed by atoms with Gasteiger partial charge in [0.15, 0.2) is 17.5 Å². The van der Waals surface area contributed by atoms with E-state index in [1.54, 1.807) is 0 Å². The predicted molar refractivity (Wildman–Crippen MR) is 234 cm³/mol. The second kappa shape index (κ2) is 14.3. The van der Waals surface area contributed by atoms with Crippen LogP contribution in [0.2, 0.25) is 0 Å². The van der Waals surface area contributed by atoms with Gasteiger partial charge in [-0.3, -0.25) is 0 Å². The molecule has 10 aromatic rings. The van der Waals surface area contributed by atoms with Crippen molar-refractivity contribution in [3.8, 4) is 51.2 Å². The Kier molecular flexibility index (Phi) is 8.57. The molecule has 0 spiro atoms. The Morgan fingerprint density at radius 2 is 1.21 bits per heavy atom. The minimum absolute atomic E-state index is 0.501. The monoisotopic (exact) mass is 735 g/mol. The number of pyridine rings is 1. The zero-order valence-electron chi connectivity index (χ0n) is 31.6. The quantitative estimate of drug-likeness (QED) is 0.145. The lowest BCUT2D eigenvalue weighted by molar-refractivity contribution is 0.668. The van der Waals surface area contributed by atoms with Gasteiger partial charge in [-0.15, -0.1) is 0 Å². The van der Waals surface area contributed by atoms with Crippen molar-refractivity contribution in [3.63, 3.8) is 0 Å². The van der Waals surface area contributed by atoms with E-state index in [0.717, 1.165) is 67.5 Å². The van der Waals surface area contributed by atoms with Crippen molar-refractivity contribution in [2.75, 3.05) is 0 Å². The summed E-state index contributed by atoms with van der Waals surface area (Å²) in [6, 6.07) is 54.1. The number of benzene rings is 6. The summed E-state index contributed by atoms with van der Waals surface area (Å²) in [5, 5.41) is 4.42. The molecule has 272 valence electrons. The van der Waals surface area contributed by atoms with Gasteiger partial charge in [0.25, 0.3) is 0 Å². The molecule has 4 heterocycles. The van der Waals surface area contributed by atoms with Gasteiger partial charge in [-0.1, -0.05) is 140 Å². The van der Waals surface area contributed by atoms with Crippen molar-refractivity contribution < 1.29 is 4.42 Å². The van der Waals surface area contributed by atoms with Crippen molar-refractivity contribution in [2.24, 2.45) is 0 Å². The first kappa shape index (κ1) is 34.1. The van der Waals surface area contributed by atoms with E-state index in [1.807, 2.05) is 84.9 Å². The third kappa shape index (κ3) is 6.08. The average Bonchev–Trinajstić information content (AvgIpc) is 3.82. The van der Waals surface area contributed by atoms with E-state index < -0.39 is 0 Å². The Morgan fingerprint density at radius 1 is 0.561 bits per heavy atom. The number of fused-ring (bicyclic) bond motifs is 6.